The van der Waals surface area contributed by atoms with Crippen LogP contribution in [0.1, 0.15) is 55.7 Å². The predicted molar refractivity (Wildman–Crippen MR) is 142 cm³/mol. The van der Waals surface area contributed by atoms with Crippen molar-refractivity contribution in [1.82, 2.24) is 29.4 Å². The number of amides is 1. The van der Waals surface area contributed by atoms with E-state index < -0.39 is 0 Å². The summed E-state index contributed by atoms with van der Waals surface area (Å²) in [5.41, 5.74) is 11.8. The minimum Gasteiger partial charge on any atom is -0.383 e. The lowest BCUT2D eigenvalue weighted by molar-refractivity contribution is -0.128. The van der Waals surface area contributed by atoms with Crippen LogP contribution in [0.4, 0.5) is 5.82 Å². The van der Waals surface area contributed by atoms with Crippen LogP contribution >= 0.6 is 0 Å². The standard InChI is InChI=1S/C28H33N7O2/c1-3-21(36)35-11-9-28(10-12-35)7-4-18(5-8-28)24-22(23-25(29)32-17-33-27(23)34(24)2)26-30-14-20(15-31-26)19-6-13-37-16-19/h3-4,14-15,17,19H,1,5-13,16H2,2H3,(H2,29,32,33). The zero-order valence-corrected chi connectivity index (χ0v) is 21.3. The van der Waals surface area contributed by atoms with Gasteiger partial charge in [-0.2, -0.15) is 0 Å². The van der Waals surface area contributed by atoms with Gasteiger partial charge < -0.3 is 19.9 Å². The van der Waals surface area contributed by atoms with Crippen molar-refractivity contribution in [2.24, 2.45) is 12.5 Å². The summed E-state index contributed by atoms with van der Waals surface area (Å²) in [6.07, 6.45) is 15.2. The van der Waals surface area contributed by atoms with Gasteiger partial charge in [0, 0.05) is 45.1 Å². The average Bonchev–Trinajstić information content (AvgIpc) is 3.57. The predicted octanol–water partition coefficient (Wildman–Crippen LogP) is 3.87. The van der Waals surface area contributed by atoms with Crippen molar-refractivity contribution in [3.63, 3.8) is 0 Å². The number of rotatable bonds is 4. The molecule has 9 nitrogen and oxygen atoms in total. The highest BCUT2D eigenvalue weighted by molar-refractivity contribution is 6.04. The Balaban J connectivity index is 1.36. The van der Waals surface area contributed by atoms with Crippen LogP contribution < -0.4 is 5.73 Å². The third-order valence-corrected chi connectivity index (χ3v) is 8.61. The van der Waals surface area contributed by atoms with Crippen LogP contribution in [0.5, 0.6) is 0 Å². The third kappa shape index (κ3) is 4.11. The number of aromatic nitrogens is 5. The second-order valence-electron chi connectivity index (χ2n) is 10.6. The number of likely N-dealkylation sites (tertiary alicyclic amines) is 1. The van der Waals surface area contributed by atoms with E-state index in [4.69, 9.17) is 20.4 Å². The third-order valence-electron chi connectivity index (χ3n) is 8.61. The molecule has 2 saturated heterocycles. The van der Waals surface area contributed by atoms with Crippen LogP contribution in [0.2, 0.25) is 0 Å². The molecule has 3 aliphatic rings. The lowest BCUT2D eigenvalue weighted by Crippen LogP contribution is -2.43. The highest BCUT2D eigenvalue weighted by atomic mass is 16.5. The Hall–Kier alpha value is -3.59. The fourth-order valence-electron chi connectivity index (χ4n) is 6.29. The molecule has 2 N–H and O–H groups in total. The Morgan fingerprint density at radius 2 is 1.97 bits per heavy atom. The summed E-state index contributed by atoms with van der Waals surface area (Å²) in [6, 6.07) is 0. The van der Waals surface area contributed by atoms with E-state index in [1.165, 1.54) is 18.0 Å². The number of fused-ring (bicyclic) bond motifs is 1. The number of piperidine rings is 1. The molecular weight excluding hydrogens is 466 g/mol. The van der Waals surface area contributed by atoms with Crippen molar-refractivity contribution in [3.05, 3.63) is 48.7 Å². The van der Waals surface area contributed by atoms with E-state index in [2.05, 4.69) is 27.2 Å². The molecule has 0 aromatic carbocycles. The second kappa shape index (κ2) is 9.37. The number of hydrogen-bond donors (Lipinski definition) is 1. The van der Waals surface area contributed by atoms with E-state index >= 15 is 0 Å². The lowest BCUT2D eigenvalue weighted by atomic mass is 9.68. The number of aryl methyl sites for hydroxylation is 1. The molecule has 0 radical (unpaired) electrons. The van der Waals surface area contributed by atoms with Crippen LogP contribution in [-0.2, 0) is 16.6 Å². The Bertz CT molecular complexity index is 1380. The number of ether oxygens (including phenoxy) is 1. The van der Waals surface area contributed by atoms with Crippen LogP contribution in [0, 0.1) is 5.41 Å². The first-order valence-electron chi connectivity index (χ1n) is 13.1. The summed E-state index contributed by atoms with van der Waals surface area (Å²) < 4.78 is 7.66. The van der Waals surface area contributed by atoms with Crippen molar-refractivity contribution in [1.29, 1.82) is 0 Å². The van der Waals surface area contributed by atoms with Crippen LogP contribution in [0.15, 0.2) is 37.5 Å². The van der Waals surface area contributed by atoms with Gasteiger partial charge in [0.1, 0.15) is 17.8 Å². The molecule has 9 heteroatoms. The molecular formula is C28H33N7O2. The average molecular weight is 500 g/mol. The second-order valence-corrected chi connectivity index (χ2v) is 10.6. The van der Waals surface area contributed by atoms with Gasteiger partial charge in [-0.3, -0.25) is 4.79 Å². The summed E-state index contributed by atoms with van der Waals surface area (Å²) in [7, 11) is 2.03. The van der Waals surface area contributed by atoms with Crippen molar-refractivity contribution < 1.29 is 9.53 Å². The number of carbonyl (C=O) groups excluding carboxylic acids is 1. The maximum atomic E-state index is 12.0. The zero-order valence-electron chi connectivity index (χ0n) is 21.3. The Morgan fingerprint density at radius 3 is 2.62 bits per heavy atom. The monoisotopic (exact) mass is 499 g/mol. The van der Waals surface area contributed by atoms with E-state index in [1.807, 2.05) is 24.3 Å². The molecule has 2 fully saturated rings. The number of carbonyl (C=O) groups is 1. The van der Waals surface area contributed by atoms with Gasteiger partial charge in [0.05, 0.1) is 23.3 Å². The number of allylic oxidation sites excluding steroid dienone is 2. The molecule has 0 bridgehead atoms. The zero-order chi connectivity index (χ0) is 25.6. The number of anilines is 1. The minimum absolute atomic E-state index is 0.0345. The van der Waals surface area contributed by atoms with Gasteiger partial charge in [0.15, 0.2) is 5.82 Å². The smallest absolute Gasteiger partial charge is 0.245 e. The SMILES string of the molecule is C=CC(=O)N1CCC2(CC=C(c3c(-c4ncc(C5CCOC5)cn4)c4c(N)ncnc4n3C)CC2)CC1. The molecule has 6 rings (SSSR count). The largest absolute Gasteiger partial charge is 0.383 e. The fourth-order valence-corrected chi connectivity index (χ4v) is 6.29. The van der Waals surface area contributed by atoms with Gasteiger partial charge in [-0.15, -0.1) is 0 Å². The number of nitrogens with two attached hydrogens (primary N) is 1. The molecule has 2 aliphatic heterocycles. The molecule has 1 spiro atoms. The lowest BCUT2D eigenvalue weighted by Gasteiger charge is -2.43. The topological polar surface area (TPSA) is 112 Å². The molecule has 3 aromatic heterocycles. The minimum atomic E-state index is 0.0345. The van der Waals surface area contributed by atoms with Gasteiger partial charge in [-0.25, -0.2) is 19.9 Å². The van der Waals surface area contributed by atoms with E-state index in [0.29, 0.717) is 17.6 Å². The van der Waals surface area contributed by atoms with Crippen LogP contribution in [0.3, 0.4) is 0 Å². The summed E-state index contributed by atoms with van der Waals surface area (Å²) >= 11 is 0. The van der Waals surface area contributed by atoms with Crippen molar-refractivity contribution in [3.8, 4) is 11.4 Å². The molecule has 5 heterocycles. The Morgan fingerprint density at radius 1 is 1.19 bits per heavy atom. The van der Waals surface area contributed by atoms with Crippen molar-refractivity contribution in [2.75, 3.05) is 32.0 Å². The summed E-state index contributed by atoms with van der Waals surface area (Å²) in [4.78, 5) is 32.4. The first-order chi connectivity index (χ1) is 18.0. The van der Waals surface area contributed by atoms with Crippen LogP contribution in [0.25, 0.3) is 28.0 Å². The first-order valence-corrected chi connectivity index (χ1v) is 13.1. The molecule has 1 atom stereocenters. The fraction of sp³-hybridized carbons (Fsp3) is 0.464. The molecule has 1 aliphatic carbocycles. The molecule has 3 aromatic rings. The molecule has 0 saturated carbocycles. The summed E-state index contributed by atoms with van der Waals surface area (Å²) in [6.45, 7) is 6.73. The van der Waals surface area contributed by atoms with E-state index in [-0.39, 0.29) is 11.3 Å². The van der Waals surface area contributed by atoms with Crippen LogP contribution in [-0.4, -0.2) is 61.6 Å². The van der Waals surface area contributed by atoms with Crippen molar-refractivity contribution in [2.45, 2.75) is 44.4 Å². The number of nitrogen functional groups attached to an aromatic ring is 1. The van der Waals surface area contributed by atoms with Crippen molar-refractivity contribution >= 4 is 28.3 Å². The van der Waals surface area contributed by atoms with Gasteiger partial charge in [-0.1, -0.05) is 12.7 Å². The molecule has 1 unspecified atom stereocenters. The number of hydrogen-bond acceptors (Lipinski definition) is 7. The highest BCUT2D eigenvalue weighted by Crippen LogP contribution is 2.48. The highest BCUT2D eigenvalue weighted by Gasteiger charge is 2.37. The van der Waals surface area contributed by atoms with E-state index in [9.17, 15) is 4.79 Å². The molecule has 37 heavy (non-hydrogen) atoms. The summed E-state index contributed by atoms with van der Waals surface area (Å²) in [5, 5.41) is 0.800. The maximum absolute atomic E-state index is 12.0. The van der Waals surface area contributed by atoms with Gasteiger partial charge >= 0.3 is 0 Å². The Labute approximate surface area is 216 Å². The summed E-state index contributed by atoms with van der Waals surface area (Å²) in [5.74, 6) is 1.46. The normalized spacial score (nSPS) is 21.4. The van der Waals surface area contributed by atoms with Gasteiger partial charge in [0.2, 0.25) is 5.91 Å². The van der Waals surface area contributed by atoms with E-state index in [1.54, 1.807) is 0 Å². The number of nitrogens with zero attached hydrogens (tertiary/aromatic N) is 6. The first kappa shape index (κ1) is 23.8. The quantitative estimate of drug-likeness (QED) is 0.542. The van der Waals surface area contributed by atoms with Gasteiger partial charge in [0.25, 0.3) is 0 Å². The van der Waals surface area contributed by atoms with E-state index in [0.717, 1.165) is 92.7 Å². The molecule has 1 amide bonds. The maximum Gasteiger partial charge on any atom is 0.245 e. The van der Waals surface area contributed by atoms with Gasteiger partial charge in [-0.05, 0) is 61.2 Å². The molecule has 192 valence electrons. The Kier molecular flexibility index (Phi) is 6.03.